The van der Waals surface area contributed by atoms with E-state index in [0.29, 0.717) is 11.0 Å². The number of hydrogen-bond donors (Lipinski definition) is 0. The molecule has 0 saturated heterocycles. The third kappa shape index (κ3) is 2.06. The number of aromatic nitrogens is 2. The molecular formula is C22H14N2O. The average molecular weight is 322 g/mol. The zero-order valence-electron chi connectivity index (χ0n) is 13.4. The molecule has 5 rings (SSSR count). The Morgan fingerprint density at radius 2 is 1.56 bits per heavy atom. The van der Waals surface area contributed by atoms with E-state index in [-0.39, 0.29) is 5.56 Å². The first kappa shape index (κ1) is 13.9. The van der Waals surface area contributed by atoms with Crippen molar-refractivity contribution in [2.45, 2.75) is 0 Å². The third-order valence-corrected chi connectivity index (χ3v) is 4.64. The summed E-state index contributed by atoms with van der Waals surface area (Å²) in [4.78, 5) is 17.3. The van der Waals surface area contributed by atoms with Gasteiger partial charge in [-0.25, -0.2) is 0 Å². The lowest BCUT2D eigenvalue weighted by Crippen LogP contribution is -2.12. The van der Waals surface area contributed by atoms with E-state index in [4.69, 9.17) is 0 Å². The summed E-state index contributed by atoms with van der Waals surface area (Å²) in [6, 6.07) is 26.0. The molecule has 0 amide bonds. The van der Waals surface area contributed by atoms with Crippen molar-refractivity contribution in [1.29, 1.82) is 0 Å². The topological polar surface area (TPSA) is 34.4 Å². The Morgan fingerprint density at radius 1 is 0.760 bits per heavy atom. The highest BCUT2D eigenvalue weighted by Crippen LogP contribution is 2.27. The van der Waals surface area contributed by atoms with E-state index in [1.54, 1.807) is 0 Å². The first-order valence-electron chi connectivity index (χ1n) is 8.21. The molecule has 118 valence electrons. The fraction of sp³-hybridized carbons (Fsp3) is 0. The number of nitrogens with zero attached hydrogens (tertiary/aromatic N) is 2. The molecule has 2 heterocycles. The number of benzene rings is 3. The lowest BCUT2D eigenvalue weighted by molar-refractivity contribution is 1.15. The molecule has 0 N–H and O–H groups in total. The van der Waals surface area contributed by atoms with Crippen LogP contribution in [-0.2, 0) is 0 Å². The van der Waals surface area contributed by atoms with Crippen LogP contribution >= 0.6 is 0 Å². The molecule has 0 atom stereocenters. The third-order valence-electron chi connectivity index (χ3n) is 4.64. The molecular weight excluding hydrogens is 308 g/mol. The molecule has 0 bridgehead atoms. The number of fused-ring (bicyclic) bond motifs is 5. The van der Waals surface area contributed by atoms with Crippen molar-refractivity contribution in [2.24, 2.45) is 0 Å². The van der Waals surface area contributed by atoms with Crippen molar-refractivity contribution in [2.75, 3.05) is 0 Å². The summed E-state index contributed by atoms with van der Waals surface area (Å²) in [5.41, 5.74) is 3.32. The zero-order chi connectivity index (χ0) is 16.8. The SMILES string of the molecule is O=c1nc2c3ccccc3ccn2c2cccc(-c3ccccc3)c12. The van der Waals surface area contributed by atoms with Crippen molar-refractivity contribution in [3.8, 4) is 11.1 Å². The summed E-state index contributed by atoms with van der Waals surface area (Å²) in [6.45, 7) is 0. The summed E-state index contributed by atoms with van der Waals surface area (Å²) in [6.07, 6.45) is 1.99. The molecule has 0 unspecified atom stereocenters. The van der Waals surface area contributed by atoms with Gasteiger partial charge in [0.05, 0.1) is 10.9 Å². The van der Waals surface area contributed by atoms with Crippen LogP contribution in [0.15, 0.2) is 89.9 Å². The van der Waals surface area contributed by atoms with E-state index in [2.05, 4.69) is 11.1 Å². The van der Waals surface area contributed by atoms with Crippen molar-refractivity contribution in [3.05, 3.63) is 95.4 Å². The van der Waals surface area contributed by atoms with E-state index in [9.17, 15) is 4.79 Å². The summed E-state index contributed by atoms with van der Waals surface area (Å²) in [5.74, 6) is 0. The minimum atomic E-state index is -0.189. The molecule has 0 radical (unpaired) electrons. The summed E-state index contributed by atoms with van der Waals surface area (Å²) in [7, 11) is 0. The average Bonchev–Trinajstić information content (AvgIpc) is 2.68. The van der Waals surface area contributed by atoms with E-state index in [1.807, 2.05) is 83.4 Å². The molecule has 0 aliphatic heterocycles. The standard InChI is InChI=1S/C22H14N2O/c25-22-20-17(15-7-2-1-3-8-15)11-6-12-19(20)24-14-13-16-9-4-5-10-18(16)21(24)23-22/h1-14H. The Balaban J connectivity index is 1.98. The molecule has 0 fully saturated rings. The smallest absolute Gasteiger partial charge is 0.281 e. The van der Waals surface area contributed by atoms with E-state index < -0.39 is 0 Å². The summed E-state index contributed by atoms with van der Waals surface area (Å²) in [5, 5.41) is 2.71. The fourth-order valence-corrected chi connectivity index (χ4v) is 3.49. The highest BCUT2D eigenvalue weighted by Gasteiger charge is 2.12. The minimum absolute atomic E-state index is 0.189. The molecule has 0 aliphatic carbocycles. The van der Waals surface area contributed by atoms with E-state index in [0.717, 1.165) is 27.4 Å². The fourth-order valence-electron chi connectivity index (χ4n) is 3.49. The Bertz CT molecular complexity index is 1300. The maximum Gasteiger partial charge on any atom is 0.281 e. The van der Waals surface area contributed by atoms with Crippen molar-refractivity contribution < 1.29 is 0 Å². The monoisotopic (exact) mass is 322 g/mol. The second kappa shape index (κ2) is 5.28. The predicted molar refractivity (Wildman–Crippen MR) is 102 cm³/mol. The van der Waals surface area contributed by atoms with Crippen LogP contribution in [0.5, 0.6) is 0 Å². The van der Waals surface area contributed by atoms with Crippen LogP contribution in [0.2, 0.25) is 0 Å². The van der Waals surface area contributed by atoms with Gasteiger partial charge < -0.3 is 4.40 Å². The molecule has 3 nitrogen and oxygen atoms in total. The molecule has 3 aromatic carbocycles. The van der Waals surface area contributed by atoms with Gasteiger partial charge in [0.1, 0.15) is 5.65 Å². The van der Waals surface area contributed by atoms with Crippen molar-refractivity contribution in [1.82, 2.24) is 9.38 Å². The molecule has 2 aromatic heterocycles. The quantitative estimate of drug-likeness (QED) is 0.420. The first-order chi connectivity index (χ1) is 12.3. The normalized spacial score (nSPS) is 11.4. The van der Waals surface area contributed by atoms with Crippen LogP contribution in [0.25, 0.3) is 38.4 Å². The van der Waals surface area contributed by atoms with E-state index >= 15 is 0 Å². The van der Waals surface area contributed by atoms with Crippen molar-refractivity contribution >= 4 is 27.3 Å². The van der Waals surface area contributed by atoms with Crippen LogP contribution in [0.1, 0.15) is 0 Å². The predicted octanol–water partition coefficient (Wildman–Crippen LogP) is 4.67. The minimum Gasteiger partial charge on any atom is -0.300 e. The van der Waals surface area contributed by atoms with Gasteiger partial charge in [-0.3, -0.25) is 4.79 Å². The highest BCUT2D eigenvalue weighted by molar-refractivity contribution is 6.00. The van der Waals surface area contributed by atoms with Gasteiger partial charge in [-0.2, -0.15) is 4.98 Å². The molecule has 0 aliphatic rings. The van der Waals surface area contributed by atoms with Gasteiger partial charge in [0.15, 0.2) is 0 Å². The number of rotatable bonds is 1. The highest BCUT2D eigenvalue weighted by atomic mass is 16.1. The Morgan fingerprint density at radius 3 is 2.44 bits per heavy atom. The van der Waals surface area contributed by atoms with Crippen LogP contribution < -0.4 is 5.56 Å². The maximum absolute atomic E-state index is 12.9. The Labute approximate surface area is 143 Å². The van der Waals surface area contributed by atoms with Crippen LogP contribution in [0.3, 0.4) is 0 Å². The first-order valence-corrected chi connectivity index (χ1v) is 8.21. The van der Waals surface area contributed by atoms with E-state index in [1.165, 1.54) is 0 Å². The molecule has 25 heavy (non-hydrogen) atoms. The van der Waals surface area contributed by atoms with Crippen molar-refractivity contribution in [3.63, 3.8) is 0 Å². The van der Waals surface area contributed by atoms with Gasteiger partial charge >= 0.3 is 0 Å². The van der Waals surface area contributed by atoms with Crippen LogP contribution in [-0.4, -0.2) is 9.38 Å². The van der Waals surface area contributed by atoms with Gasteiger partial charge in [-0.05, 0) is 28.6 Å². The lowest BCUT2D eigenvalue weighted by atomic mass is 10.0. The summed E-state index contributed by atoms with van der Waals surface area (Å²) >= 11 is 0. The van der Waals surface area contributed by atoms with Crippen LogP contribution in [0.4, 0.5) is 0 Å². The summed E-state index contributed by atoms with van der Waals surface area (Å²) < 4.78 is 2.01. The molecule has 0 saturated carbocycles. The lowest BCUT2D eigenvalue weighted by Gasteiger charge is -2.11. The van der Waals surface area contributed by atoms with Gasteiger partial charge in [-0.15, -0.1) is 0 Å². The zero-order valence-corrected chi connectivity index (χ0v) is 13.4. The number of hydrogen-bond acceptors (Lipinski definition) is 2. The van der Waals surface area contributed by atoms with Crippen LogP contribution in [0, 0.1) is 0 Å². The maximum atomic E-state index is 12.9. The Kier molecular flexibility index (Phi) is 2.94. The van der Waals surface area contributed by atoms with Gasteiger partial charge in [0, 0.05) is 11.6 Å². The Hall–Kier alpha value is -3.46. The van der Waals surface area contributed by atoms with Gasteiger partial charge in [-0.1, -0.05) is 66.7 Å². The molecule has 3 heteroatoms. The number of pyridine rings is 1. The molecule has 0 spiro atoms. The van der Waals surface area contributed by atoms with Gasteiger partial charge in [0.25, 0.3) is 5.56 Å². The molecule has 5 aromatic rings. The van der Waals surface area contributed by atoms with Gasteiger partial charge in [0.2, 0.25) is 0 Å². The second-order valence-corrected chi connectivity index (χ2v) is 6.08. The second-order valence-electron chi connectivity index (χ2n) is 6.08. The largest absolute Gasteiger partial charge is 0.300 e.